The van der Waals surface area contributed by atoms with Crippen molar-refractivity contribution in [1.29, 1.82) is 0 Å². The second kappa shape index (κ2) is 8.07. The minimum absolute atomic E-state index is 0.0121. The van der Waals surface area contributed by atoms with Crippen LogP contribution in [0.15, 0.2) is 72.3 Å². The van der Waals surface area contributed by atoms with E-state index in [1.165, 1.54) is 22.3 Å². The largest absolute Gasteiger partial charge is 0.497 e. The maximum Gasteiger partial charge on any atom is 0.254 e. The van der Waals surface area contributed by atoms with Gasteiger partial charge >= 0.3 is 0 Å². The van der Waals surface area contributed by atoms with Gasteiger partial charge in [-0.3, -0.25) is 4.79 Å². The summed E-state index contributed by atoms with van der Waals surface area (Å²) in [6, 6.07) is 21.1. The smallest absolute Gasteiger partial charge is 0.254 e. The van der Waals surface area contributed by atoms with Crippen molar-refractivity contribution in [3.05, 3.63) is 105 Å². The topological polar surface area (TPSA) is 29.5 Å². The Labute approximate surface area is 191 Å². The van der Waals surface area contributed by atoms with E-state index in [0.717, 1.165) is 29.2 Å². The molecule has 0 saturated carbocycles. The Balaban J connectivity index is 1.60. The fourth-order valence-electron chi connectivity index (χ4n) is 4.72. The van der Waals surface area contributed by atoms with Crippen LogP contribution in [-0.4, -0.2) is 24.5 Å². The molecule has 0 N–H and O–H groups in total. The predicted octanol–water partition coefficient (Wildman–Crippen LogP) is 6.60. The molecule has 3 nitrogen and oxygen atoms in total. The fourth-order valence-corrected chi connectivity index (χ4v) is 5.02. The molecule has 0 saturated heterocycles. The van der Waals surface area contributed by atoms with Gasteiger partial charge in [0.25, 0.3) is 5.91 Å². The van der Waals surface area contributed by atoms with Crippen molar-refractivity contribution in [3.8, 4) is 5.75 Å². The van der Waals surface area contributed by atoms with E-state index in [-0.39, 0.29) is 11.9 Å². The molecule has 5 rings (SSSR count). The van der Waals surface area contributed by atoms with Crippen LogP contribution in [0.3, 0.4) is 0 Å². The molecular formula is C26H21Cl2NO2. The minimum Gasteiger partial charge on any atom is -0.497 e. The van der Waals surface area contributed by atoms with E-state index in [1.54, 1.807) is 31.4 Å². The third-order valence-corrected chi connectivity index (χ3v) is 6.68. The summed E-state index contributed by atoms with van der Waals surface area (Å²) in [5.41, 5.74) is 6.81. The molecule has 0 radical (unpaired) electrons. The Morgan fingerprint density at radius 1 is 0.968 bits per heavy atom. The molecule has 0 aromatic heterocycles. The van der Waals surface area contributed by atoms with Crippen molar-refractivity contribution in [3.63, 3.8) is 0 Å². The first-order chi connectivity index (χ1) is 15.0. The van der Waals surface area contributed by atoms with Crippen molar-refractivity contribution in [1.82, 2.24) is 4.90 Å². The zero-order valence-corrected chi connectivity index (χ0v) is 18.6. The van der Waals surface area contributed by atoms with Crippen molar-refractivity contribution in [2.75, 3.05) is 13.7 Å². The first-order valence-corrected chi connectivity index (χ1v) is 11.0. The van der Waals surface area contributed by atoms with E-state index < -0.39 is 0 Å². The maximum absolute atomic E-state index is 13.5. The van der Waals surface area contributed by atoms with Crippen molar-refractivity contribution >= 4 is 34.7 Å². The number of benzene rings is 3. The lowest BCUT2D eigenvalue weighted by Crippen LogP contribution is -2.39. The highest BCUT2D eigenvalue weighted by Gasteiger charge is 2.38. The van der Waals surface area contributed by atoms with E-state index in [1.807, 2.05) is 23.1 Å². The van der Waals surface area contributed by atoms with Gasteiger partial charge in [0.15, 0.2) is 0 Å². The molecule has 0 bridgehead atoms. The van der Waals surface area contributed by atoms with Crippen LogP contribution >= 0.6 is 23.2 Å². The molecule has 1 amide bonds. The molecule has 1 heterocycles. The summed E-state index contributed by atoms with van der Waals surface area (Å²) in [5.74, 6) is 0.809. The van der Waals surface area contributed by atoms with Gasteiger partial charge in [-0.05, 0) is 89.2 Å². The average molecular weight is 450 g/mol. The van der Waals surface area contributed by atoms with Crippen molar-refractivity contribution in [2.45, 2.75) is 18.9 Å². The number of carbonyl (C=O) groups excluding carboxylic acids is 1. The second-order valence-electron chi connectivity index (χ2n) is 7.91. The van der Waals surface area contributed by atoms with Gasteiger partial charge < -0.3 is 9.64 Å². The van der Waals surface area contributed by atoms with Crippen molar-refractivity contribution < 1.29 is 9.53 Å². The first kappa shape index (κ1) is 20.2. The van der Waals surface area contributed by atoms with Crippen LogP contribution in [0, 0.1) is 0 Å². The summed E-state index contributed by atoms with van der Waals surface area (Å²) in [6.07, 6.45) is 1.64. The number of halogens is 2. The van der Waals surface area contributed by atoms with Crippen molar-refractivity contribution in [2.24, 2.45) is 0 Å². The maximum atomic E-state index is 13.5. The molecule has 1 atom stereocenters. The quantitative estimate of drug-likeness (QED) is 0.450. The zero-order valence-electron chi connectivity index (χ0n) is 17.1. The molecule has 1 unspecified atom stereocenters. The standard InChI is InChI=1S/C26H21Cl2NO2/c1-31-21-10-5-16(6-11-21)25-24-14-18-4-9-20(28)15-23(18)22(24)12-13-29(25)26(30)17-2-7-19(27)8-3-17/h2-11,15,25H,12-14H2,1H3. The number of fused-ring (bicyclic) bond motifs is 2. The summed E-state index contributed by atoms with van der Waals surface area (Å²) < 4.78 is 5.34. The van der Waals surface area contributed by atoms with E-state index >= 15 is 0 Å². The van der Waals surface area contributed by atoms with Gasteiger partial charge in [0.05, 0.1) is 13.2 Å². The molecule has 5 heteroatoms. The Hall–Kier alpha value is -2.75. The molecule has 0 spiro atoms. The van der Waals surface area contributed by atoms with E-state index in [2.05, 4.69) is 24.3 Å². The number of hydrogen-bond acceptors (Lipinski definition) is 2. The molecule has 3 aromatic carbocycles. The molecule has 156 valence electrons. The zero-order chi connectivity index (χ0) is 21.5. The molecule has 3 aromatic rings. The Morgan fingerprint density at radius 2 is 1.68 bits per heavy atom. The summed E-state index contributed by atoms with van der Waals surface area (Å²) in [5, 5.41) is 1.36. The number of ether oxygens (including phenoxy) is 1. The highest BCUT2D eigenvalue weighted by Crippen LogP contribution is 2.47. The number of methoxy groups -OCH3 is 1. The number of rotatable bonds is 3. The van der Waals surface area contributed by atoms with Crippen LogP contribution < -0.4 is 4.74 Å². The Bertz CT molecular complexity index is 1180. The van der Waals surface area contributed by atoms with Gasteiger partial charge in [-0.15, -0.1) is 0 Å². The van der Waals surface area contributed by atoms with Gasteiger partial charge in [-0.2, -0.15) is 0 Å². The highest BCUT2D eigenvalue weighted by atomic mass is 35.5. The Morgan fingerprint density at radius 3 is 2.39 bits per heavy atom. The lowest BCUT2D eigenvalue weighted by atomic mass is 9.88. The SMILES string of the molecule is COc1ccc(C2C3=C(CCN2C(=O)c2ccc(Cl)cc2)c2cc(Cl)ccc2C3)cc1. The number of amides is 1. The van der Waals surface area contributed by atoms with Crippen LogP contribution in [0.2, 0.25) is 10.0 Å². The van der Waals surface area contributed by atoms with Gasteiger partial charge in [0, 0.05) is 22.2 Å². The summed E-state index contributed by atoms with van der Waals surface area (Å²) in [4.78, 5) is 15.5. The number of nitrogens with zero attached hydrogens (tertiary/aromatic N) is 1. The highest BCUT2D eigenvalue weighted by molar-refractivity contribution is 6.31. The molecule has 1 aliphatic heterocycles. The van der Waals surface area contributed by atoms with Gasteiger partial charge in [0.1, 0.15) is 5.75 Å². The lowest BCUT2D eigenvalue weighted by molar-refractivity contribution is 0.0698. The van der Waals surface area contributed by atoms with Crippen LogP contribution in [0.1, 0.15) is 39.5 Å². The van der Waals surface area contributed by atoms with Crippen LogP contribution in [-0.2, 0) is 6.42 Å². The minimum atomic E-state index is -0.135. The van der Waals surface area contributed by atoms with Gasteiger partial charge in [0.2, 0.25) is 0 Å². The normalized spacial score (nSPS) is 17.4. The monoisotopic (exact) mass is 449 g/mol. The summed E-state index contributed by atoms with van der Waals surface area (Å²) in [7, 11) is 1.66. The van der Waals surface area contributed by atoms with E-state index in [0.29, 0.717) is 17.1 Å². The van der Waals surface area contributed by atoms with Gasteiger partial charge in [-0.25, -0.2) is 0 Å². The third-order valence-electron chi connectivity index (χ3n) is 6.19. The second-order valence-corrected chi connectivity index (χ2v) is 8.79. The number of carbonyl (C=O) groups is 1. The first-order valence-electron chi connectivity index (χ1n) is 10.3. The van der Waals surface area contributed by atoms with Crippen LogP contribution in [0.4, 0.5) is 0 Å². The van der Waals surface area contributed by atoms with Gasteiger partial charge in [-0.1, -0.05) is 41.4 Å². The third kappa shape index (κ3) is 3.62. The van der Waals surface area contributed by atoms with E-state index in [9.17, 15) is 4.79 Å². The fraction of sp³-hybridized carbons (Fsp3) is 0.192. The van der Waals surface area contributed by atoms with Crippen LogP contribution in [0.5, 0.6) is 5.75 Å². The molecule has 31 heavy (non-hydrogen) atoms. The average Bonchev–Trinajstić information content (AvgIpc) is 3.16. The molecule has 1 aliphatic carbocycles. The molecule has 2 aliphatic rings. The van der Waals surface area contributed by atoms with Crippen LogP contribution in [0.25, 0.3) is 5.57 Å². The summed E-state index contributed by atoms with van der Waals surface area (Å²) in [6.45, 7) is 0.642. The summed E-state index contributed by atoms with van der Waals surface area (Å²) >= 11 is 12.3. The predicted molar refractivity (Wildman–Crippen MR) is 125 cm³/mol. The van der Waals surface area contributed by atoms with E-state index in [4.69, 9.17) is 27.9 Å². The molecule has 0 fully saturated rings. The number of hydrogen-bond donors (Lipinski definition) is 0. The Kier molecular flexibility index (Phi) is 5.25. The lowest BCUT2D eigenvalue weighted by Gasteiger charge is -2.38. The molecular weight excluding hydrogens is 429 g/mol.